The molecule has 0 aromatic rings. The summed E-state index contributed by atoms with van der Waals surface area (Å²) in [5, 5.41) is 11.2. The van der Waals surface area contributed by atoms with Crippen LogP contribution in [0.3, 0.4) is 0 Å². The summed E-state index contributed by atoms with van der Waals surface area (Å²) >= 11 is 0. The molecule has 0 aromatic carbocycles. The standard InChI is InChI=1S/C9H13F3N2O3/c10-9(11,12)8(17)14-4-2-6(5-14)13-3-1-7(15)16/h6,13H,1-5H2,(H,15,16). The number of carbonyl (C=O) groups excluding carboxylic acids is 1. The number of nitrogens with one attached hydrogen (secondary N) is 1. The number of nitrogens with zero attached hydrogens (tertiary/aromatic N) is 1. The lowest BCUT2D eigenvalue weighted by Crippen LogP contribution is -2.42. The Balaban J connectivity index is 2.32. The molecule has 0 spiro atoms. The van der Waals surface area contributed by atoms with Gasteiger partial charge in [-0.3, -0.25) is 9.59 Å². The fraction of sp³-hybridized carbons (Fsp3) is 0.778. The van der Waals surface area contributed by atoms with Gasteiger partial charge in [-0.05, 0) is 6.42 Å². The third-order valence-corrected chi connectivity index (χ3v) is 2.49. The molecule has 17 heavy (non-hydrogen) atoms. The van der Waals surface area contributed by atoms with Gasteiger partial charge in [0.25, 0.3) is 0 Å². The van der Waals surface area contributed by atoms with Crippen molar-refractivity contribution in [3.63, 3.8) is 0 Å². The van der Waals surface area contributed by atoms with Crippen molar-refractivity contribution >= 4 is 11.9 Å². The van der Waals surface area contributed by atoms with E-state index in [1.807, 2.05) is 0 Å². The van der Waals surface area contributed by atoms with Gasteiger partial charge in [-0.1, -0.05) is 0 Å². The lowest BCUT2D eigenvalue weighted by molar-refractivity contribution is -0.184. The third-order valence-electron chi connectivity index (χ3n) is 2.49. The molecular formula is C9H13F3N2O3. The van der Waals surface area contributed by atoms with E-state index >= 15 is 0 Å². The molecule has 0 aliphatic carbocycles. The summed E-state index contributed by atoms with van der Waals surface area (Å²) in [5.74, 6) is -2.81. The molecule has 1 unspecified atom stereocenters. The third kappa shape index (κ3) is 4.22. The summed E-state index contributed by atoms with van der Waals surface area (Å²) in [4.78, 5) is 21.8. The van der Waals surface area contributed by atoms with Gasteiger partial charge < -0.3 is 15.3 Å². The van der Waals surface area contributed by atoms with E-state index in [0.29, 0.717) is 6.42 Å². The van der Waals surface area contributed by atoms with E-state index in [2.05, 4.69) is 5.32 Å². The normalized spacial score (nSPS) is 20.6. The average Bonchev–Trinajstić information content (AvgIpc) is 2.63. The molecule has 1 fully saturated rings. The second-order valence-electron chi connectivity index (χ2n) is 3.83. The topological polar surface area (TPSA) is 69.6 Å². The van der Waals surface area contributed by atoms with Crippen molar-refractivity contribution < 1.29 is 27.9 Å². The molecular weight excluding hydrogens is 241 g/mol. The highest BCUT2D eigenvalue weighted by Crippen LogP contribution is 2.21. The van der Waals surface area contributed by atoms with E-state index in [4.69, 9.17) is 5.11 Å². The Bertz CT molecular complexity index is 306. The van der Waals surface area contributed by atoms with E-state index in [1.165, 1.54) is 0 Å². The molecule has 1 saturated heterocycles. The quantitative estimate of drug-likeness (QED) is 0.752. The summed E-state index contributed by atoms with van der Waals surface area (Å²) in [6.45, 7) is 0.203. The maximum Gasteiger partial charge on any atom is 0.471 e. The number of carboxylic acids is 1. The van der Waals surface area contributed by atoms with Crippen LogP contribution >= 0.6 is 0 Å². The molecule has 98 valence electrons. The first-order valence-electron chi connectivity index (χ1n) is 5.12. The van der Waals surface area contributed by atoms with Gasteiger partial charge in [0, 0.05) is 25.7 Å². The van der Waals surface area contributed by atoms with Gasteiger partial charge in [-0.15, -0.1) is 0 Å². The van der Waals surface area contributed by atoms with Gasteiger partial charge in [0.05, 0.1) is 6.42 Å². The molecule has 1 heterocycles. The number of hydrogen-bond acceptors (Lipinski definition) is 3. The summed E-state index contributed by atoms with van der Waals surface area (Å²) in [5.41, 5.74) is 0. The highest BCUT2D eigenvalue weighted by atomic mass is 19.4. The molecule has 8 heteroatoms. The zero-order valence-electron chi connectivity index (χ0n) is 8.96. The van der Waals surface area contributed by atoms with Gasteiger partial charge in [-0.2, -0.15) is 13.2 Å². The van der Waals surface area contributed by atoms with Crippen LogP contribution in [0.4, 0.5) is 13.2 Å². The van der Waals surface area contributed by atoms with Crippen LogP contribution in [0.2, 0.25) is 0 Å². The number of hydrogen-bond donors (Lipinski definition) is 2. The average molecular weight is 254 g/mol. The second kappa shape index (κ2) is 5.35. The minimum atomic E-state index is -4.84. The summed E-state index contributed by atoms with van der Waals surface area (Å²) < 4.78 is 36.3. The predicted octanol–water partition coefficient (Wildman–Crippen LogP) is 0.214. The Morgan fingerprint density at radius 2 is 2.06 bits per heavy atom. The van der Waals surface area contributed by atoms with Crippen molar-refractivity contribution in [3.8, 4) is 0 Å². The Labute approximate surface area is 95.6 Å². The molecule has 0 bridgehead atoms. The molecule has 1 aliphatic heterocycles. The SMILES string of the molecule is O=C(O)CCNC1CCN(C(=O)C(F)(F)F)C1. The fourth-order valence-electron chi connectivity index (χ4n) is 1.67. The Kier molecular flexibility index (Phi) is 4.33. The number of halogens is 3. The lowest BCUT2D eigenvalue weighted by atomic mass is 10.2. The summed E-state index contributed by atoms with van der Waals surface area (Å²) in [7, 11) is 0. The van der Waals surface area contributed by atoms with E-state index in [-0.39, 0.29) is 32.1 Å². The first-order chi connectivity index (χ1) is 7.80. The molecule has 0 radical (unpaired) electrons. The van der Waals surface area contributed by atoms with E-state index in [0.717, 1.165) is 4.90 Å². The molecule has 1 amide bonds. The Morgan fingerprint density at radius 1 is 1.41 bits per heavy atom. The van der Waals surface area contributed by atoms with Gasteiger partial charge in [0.15, 0.2) is 0 Å². The number of carbonyl (C=O) groups is 2. The number of amides is 1. The molecule has 1 aliphatic rings. The molecule has 1 rings (SSSR count). The van der Waals surface area contributed by atoms with Crippen molar-refractivity contribution in [2.75, 3.05) is 19.6 Å². The van der Waals surface area contributed by atoms with Crippen LogP contribution in [-0.2, 0) is 9.59 Å². The smallest absolute Gasteiger partial charge is 0.471 e. The Hall–Kier alpha value is -1.31. The van der Waals surface area contributed by atoms with E-state index in [1.54, 1.807) is 0 Å². The van der Waals surface area contributed by atoms with Crippen molar-refractivity contribution in [1.29, 1.82) is 0 Å². The highest BCUT2D eigenvalue weighted by Gasteiger charge is 2.44. The van der Waals surface area contributed by atoms with Crippen molar-refractivity contribution in [3.05, 3.63) is 0 Å². The highest BCUT2D eigenvalue weighted by molar-refractivity contribution is 5.82. The number of rotatable bonds is 4. The summed E-state index contributed by atoms with van der Waals surface area (Å²) in [6.07, 6.45) is -4.53. The zero-order valence-corrected chi connectivity index (χ0v) is 8.96. The maximum atomic E-state index is 12.1. The minimum Gasteiger partial charge on any atom is -0.481 e. The molecule has 0 saturated carbocycles. The van der Waals surface area contributed by atoms with Crippen LogP contribution in [0.15, 0.2) is 0 Å². The van der Waals surface area contributed by atoms with E-state index in [9.17, 15) is 22.8 Å². The van der Waals surface area contributed by atoms with Crippen molar-refractivity contribution in [2.24, 2.45) is 0 Å². The largest absolute Gasteiger partial charge is 0.481 e. The number of carboxylic acid groups (broad SMARTS) is 1. The lowest BCUT2D eigenvalue weighted by Gasteiger charge is -2.18. The van der Waals surface area contributed by atoms with Gasteiger partial charge in [0.2, 0.25) is 0 Å². The first-order valence-corrected chi connectivity index (χ1v) is 5.12. The van der Waals surface area contributed by atoms with Gasteiger partial charge >= 0.3 is 18.1 Å². The first kappa shape index (κ1) is 13.8. The van der Waals surface area contributed by atoms with Crippen molar-refractivity contribution in [1.82, 2.24) is 10.2 Å². The number of aliphatic carboxylic acids is 1. The fourth-order valence-corrected chi connectivity index (χ4v) is 1.67. The van der Waals surface area contributed by atoms with Crippen LogP contribution < -0.4 is 5.32 Å². The number of alkyl halides is 3. The van der Waals surface area contributed by atoms with Crippen LogP contribution in [0.5, 0.6) is 0 Å². The van der Waals surface area contributed by atoms with Crippen LogP contribution in [-0.4, -0.2) is 53.7 Å². The van der Waals surface area contributed by atoms with Crippen LogP contribution in [0, 0.1) is 0 Å². The van der Waals surface area contributed by atoms with Gasteiger partial charge in [0.1, 0.15) is 0 Å². The summed E-state index contributed by atoms with van der Waals surface area (Å²) in [6, 6.07) is -0.263. The molecule has 2 N–H and O–H groups in total. The maximum absolute atomic E-state index is 12.1. The molecule has 0 aromatic heterocycles. The Morgan fingerprint density at radius 3 is 2.59 bits per heavy atom. The van der Waals surface area contributed by atoms with Crippen LogP contribution in [0.1, 0.15) is 12.8 Å². The van der Waals surface area contributed by atoms with Crippen LogP contribution in [0.25, 0.3) is 0 Å². The molecule has 1 atom stereocenters. The monoisotopic (exact) mass is 254 g/mol. The number of likely N-dealkylation sites (tertiary alicyclic amines) is 1. The minimum absolute atomic E-state index is 0.0298. The molecule has 5 nitrogen and oxygen atoms in total. The predicted molar refractivity (Wildman–Crippen MR) is 51.3 cm³/mol. The second-order valence-corrected chi connectivity index (χ2v) is 3.83. The van der Waals surface area contributed by atoms with Gasteiger partial charge in [-0.25, -0.2) is 0 Å². The van der Waals surface area contributed by atoms with Crippen molar-refractivity contribution in [2.45, 2.75) is 25.1 Å². The van der Waals surface area contributed by atoms with E-state index < -0.39 is 18.1 Å². The zero-order chi connectivity index (χ0) is 13.1.